The van der Waals surface area contributed by atoms with Crippen LogP contribution in [0, 0.1) is 6.92 Å². The van der Waals surface area contributed by atoms with Crippen molar-refractivity contribution >= 4 is 29.1 Å². The Morgan fingerprint density at radius 1 is 1.36 bits per heavy atom. The van der Waals surface area contributed by atoms with Crippen molar-refractivity contribution in [2.24, 2.45) is 0 Å². The second-order valence-corrected chi connectivity index (χ2v) is 5.80. The van der Waals surface area contributed by atoms with Crippen molar-refractivity contribution in [1.82, 2.24) is 9.97 Å². The summed E-state index contributed by atoms with van der Waals surface area (Å²) in [4.78, 5) is 8.72. The highest BCUT2D eigenvalue weighted by Crippen LogP contribution is 2.22. The Hall–Kier alpha value is -1.85. The molecule has 2 aromatic rings. The minimum Gasteiger partial charge on any atom is -0.376 e. The molecule has 0 aliphatic carbocycles. The van der Waals surface area contributed by atoms with Gasteiger partial charge in [0.25, 0.3) is 0 Å². The molecule has 0 saturated carbocycles. The molecule has 3 rings (SSSR count). The summed E-state index contributed by atoms with van der Waals surface area (Å²) >= 11 is 5.97. The number of nitrogens with one attached hydrogen (secondary N) is 2. The predicted octanol–water partition coefficient (Wildman–Crippen LogP) is 3.77. The summed E-state index contributed by atoms with van der Waals surface area (Å²) in [6.07, 6.45) is 4.26. The molecular formula is C16H19ClN4O. The molecule has 1 aliphatic rings. The van der Waals surface area contributed by atoms with Crippen LogP contribution in [0.15, 0.2) is 30.5 Å². The third-order valence-corrected chi connectivity index (χ3v) is 3.86. The van der Waals surface area contributed by atoms with Gasteiger partial charge in [-0.25, -0.2) is 4.98 Å². The largest absolute Gasteiger partial charge is 0.376 e. The SMILES string of the molecule is Cc1cc(Cl)ccc1Nc1nccc(NCC2CCCO2)n1. The Kier molecular flexibility index (Phi) is 4.75. The maximum atomic E-state index is 5.97. The molecule has 1 aliphatic heterocycles. The number of nitrogens with zero attached hydrogens (tertiary/aromatic N) is 2. The van der Waals surface area contributed by atoms with Crippen LogP contribution in [-0.4, -0.2) is 29.2 Å². The number of halogens is 1. The van der Waals surface area contributed by atoms with E-state index in [1.54, 1.807) is 6.20 Å². The molecule has 1 saturated heterocycles. The van der Waals surface area contributed by atoms with E-state index in [4.69, 9.17) is 16.3 Å². The Balaban J connectivity index is 1.65. The molecule has 116 valence electrons. The van der Waals surface area contributed by atoms with Crippen molar-refractivity contribution in [3.8, 4) is 0 Å². The number of hydrogen-bond donors (Lipinski definition) is 2. The van der Waals surface area contributed by atoms with Gasteiger partial charge in [-0.05, 0) is 49.6 Å². The van der Waals surface area contributed by atoms with Crippen LogP contribution in [0.5, 0.6) is 0 Å². The topological polar surface area (TPSA) is 59.1 Å². The number of anilines is 3. The lowest BCUT2D eigenvalue weighted by Crippen LogP contribution is -2.19. The Bertz CT molecular complexity index is 644. The molecule has 1 atom stereocenters. The lowest BCUT2D eigenvalue weighted by Gasteiger charge is -2.12. The number of aromatic nitrogens is 2. The highest BCUT2D eigenvalue weighted by molar-refractivity contribution is 6.30. The van der Waals surface area contributed by atoms with Crippen molar-refractivity contribution in [2.45, 2.75) is 25.9 Å². The summed E-state index contributed by atoms with van der Waals surface area (Å²) in [7, 11) is 0. The van der Waals surface area contributed by atoms with E-state index in [0.717, 1.165) is 48.1 Å². The minimum atomic E-state index is 0.282. The first-order chi connectivity index (χ1) is 10.7. The number of ether oxygens (including phenoxy) is 1. The molecule has 1 aromatic heterocycles. The summed E-state index contributed by atoms with van der Waals surface area (Å²) in [5, 5.41) is 7.23. The van der Waals surface area contributed by atoms with Crippen LogP contribution in [-0.2, 0) is 4.74 Å². The fourth-order valence-electron chi connectivity index (χ4n) is 2.43. The molecule has 1 unspecified atom stereocenters. The average molecular weight is 319 g/mol. The van der Waals surface area contributed by atoms with Crippen molar-refractivity contribution in [1.29, 1.82) is 0 Å². The third-order valence-electron chi connectivity index (χ3n) is 3.63. The first kappa shape index (κ1) is 15.1. The fourth-order valence-corrected chi connectivity index (χ4v) is 2.66. The highest BCUT2D eigenvalue weighted by Gasteiger charge is 2.15. The van der Waals surface area contributed by atoms with E-state index in [-0.39, 0.29) is 6.10 Å². The summed E-state index contributed by atoms with van der Waals surface area (Å²) in [6, 6.07) is 7.53. The van der Waals surface area contributed by atoms with Gasteiger partial charge in [-0.2, -0.15) is 4.98 Å². The molecule has 0 spiro atoms. The number of rotatable bonds is 5. The van der Waals surface area contributed by atoms with Crippen LogP contribution in [0.25, 0.3) is 0 Å². The first-order valence-electron chi connectivity index (χ1n) is 7.42. The van der Waals surface area contributed by atoms with Crippen LogP contribution in [0.4, 0.5) is 17.5 Å². The molecule has 2 N–H and O–H groups in total. The second-order valence-electron chi connectivity index (χ2n) is 5.37. The summed E-state index contributed by atoms with van der Waals surface area (Å²) < 4.78 is 5.59. The summed E-state index contributed by atoms with van der Waals surface area (Å²) in [5.41, 5.74) is 1.99. The van der Waals surface area contributed by atoms with Crippen molar-refractivity contribution in [2.75, 3.05) is 23.8 Å². The molecule has 1 fully saturated rings. The van der Waals surface area contributed by atoms with E-state index in [1.165, 1.54) is 0 Å². The number of aryl methyl sites for hydroxylation is 1. The van der Waals surface area contributed by atoms with E-state index in [0.29, 0.717) is 5.95 Å². The molecule has 1 aromatic carbocycles. The number of hydrogen-bond acceptors (Lipinski definition) is 5. The molecule has 6 heteroatoms. The van der Waals surface area contributed by atoms with Crippen LogP contribution in [0.1, 0.15) is 18.4 Å². The first-order valence-corrected chi connectivity index (χ1v) is 7.80. The lowest BCUT2D eigenvalue weighted by molar-refractivity contribution is 0.120. The van der Waals surface area contributed by atoms with Crippen LogP contribution in [0.3, 0.4) is 0 Å². The summed E-state index contributed by atoms with van der Waals surface area (Å²) in [5.74, 6) is 1.35. The van der Waals surface area contributed by atoms with Gasteiger partial charge in [-0.1, -0.05) is 11.6 Å². The van der Waals surface area contributed by atoms with Gasteiger partial charge in [0.2, 0.25) is 5.95 Å². The Labute approximate surface area is 135 Å². The standard InChI is InChI=1S/C16H19ClN4O/c1-11-9-12(17)4-5-14(11)20-16-18-7-6-15(21-16)19-10-13-3-2-8-22-13/h4-7,9,13H,2-3,8,10H2,1H3,(H2,18,19,20,21). The molecular weight excluding hydrogens is 300 g/mol. The third kappa shape index (κ3) is 3.87. The van der Waals surface area contributed by atoms with Gasteiger partial charge in [0, 0.05) is 30.1 Å². The monoisotopic (exact) mass is 318 g/mol. The van der Waals surface area contributed by atoms with Gasteiger partial charge in [-0.15, -0.1) is 0 Å². The molecule has 0 amide bonds. The zero-order chi connectivity index (χ0) is 15.4. The lowest BCUT2D eigenvalue weighted by atomic mass is 10.2. The fraction of sp³-hybridized carbons (Fsp3) is 0.375. The van der Waals surface area contributed by atoms with Crippen molar-refractivity contribution in [3.63, 3.8) is 0 Å². The van der Waals surface area contributed by atoms with Gasteiger partial charge in [-0.3, -0.25) is 0 Å². The molecule has 2 heterocycles. The van der Waals surface area contributed by atoms with Crippen molar-refractivity contribution in [3.05, 3.63) is 41.0 Å². The maximum Gasteiger partial charge on any atom is 0.229 e. The molecule has 0 bridgehead atoms. The minimum absolute atomic E-state index is 0.282. The van der Waals surface area contributed by atoms with Crippen LogP contribution < -0.4 is 10.6 Å². The highest BCUT2D eigenvalue weighted by atomic mass is 35.5. The summed E-state index contributed by atoms with van der Waals surface area (Å²) in [6.45, 7) is 3.63. The van der Waals surface area contributed by atoms with Crippen LogP contribution >= 0.6 is 11.6 Å². The van der Waals surface area contributed by atoms with E-state index >= 15 is 0 Å². The molecule has 0 radical (unpaired) electrons. The Morgan fingerprint density at radius 3 is 3.05 bits per heavy atom. The quantitative estimate of drug-likeness (QED) is 0.878. The van der Waals surface area contributed by atoms with E-state index in [1.807, 2.05) is 31.2 Å². The van der Waals surface area contributed by atoms with Gasteiger partial charge in [0.15, 0.2) is 0 Å². The Morgan fingerprint density at radius 2 is 2.27 bits per heavy atom. The van der Waals surface area contributed by atoms with Gasteiger partial charge < -0.3 is 15.4 Å². The second kappa shape index (κ2) is 6.94. The van der Waals surface area contributed by atoms with Gasteiger partial charge in [0.1, 0.15) is 5.82 Å². The smallest absolute Gasteiger partial charge is 0.229 e. The average Bonchev–Trinajstić information content (AvgIpc) is 3.02. The van der Waals surface area contributed by atoms with E-state index in [2.05, 4.69) is 20.6 Å². The molecule has 22 heavy (non-hydrogen) atoms. The van der Waals surface area contributed by atoms with Gasteiger partial charge >= 0.3 is 0 Å². The zero-order valence-electron chi connectivity index (χ0n) is 12.5. The van der Waals surface area contributed by atoms with Crippen molar-refractivity contribution < 1.29 is 4.74 Å². The maximum absolute atomic E-state index is 5.97. The number of benzene rings is 1. The van der Waals surface area contributed by atoms with Gasteiger partial charge in [0.05, 0.1) is 6.10 Å². The van der Waals surface area contributed by atoms with E-state index < -0.39 is 0 Å². The van der Waals surface area contributed by atoms with E-state index in [9.17, 15) is 0 Å². The predicted molar refractivity (Wildman–Crippen MR) is 89.0 cm³/mol. The zero-order valence-corrected chi connectivity index (χ0v) is 13.2. The normalized spacial score (nSPS) is 17.5. The molecule has 5 nitrogen and oxygen atoms in total. The van der Waals surface area contributed by atoms with Crippen LogP contribution in [0.2, 0.25) is 5.02 Å².